The van der Waals surface area contributed by atoms with Crippen LogP contribution in [-0.4, -0.2) is 11.9 Å². The fraction of sp³-hybridized carbons (Fsp3) is 0.133. The Morgan fingerprint density at radius 1 is 1.00 bits per heavy atom. The van der Waals surface area contributed by atoms with Crippen molar-refractivity contribution in [2.24, 2.45) is 11.5 Å². The Balaban J connectivity index is 2.55. The van der Waals surface area contributed by atoms with E-state index < -0.39 is 29.5 Å². The molecule has 0 aliphatic carbocycles. The molecule has 2 aromatic rings. The van der Waals surface area contributed by atoms with Gasteiger partial charge in [-0.15, -0.1) is 0 Å². The maximum atomic E-state index is 13.4. The van der Waals surface area contributed by atoms with Gasteiger partial charge >= 0.3 is 0 Å². The van der Waals surface area contributed by atoms with Gasteiger partial charge in [-0.2, -0.15) is 0 Å². The van der Waals surface area contributed by atoms with Crippen LogP contribution in [0.3, 0.4) is 0 Å². The van der Waals surface area contributed by atoms with Crippen LogP contribution < -0.4 is 11.5 Å². The van der Waals surface area contributed by atoms with E-state index in [1.807, 2.05) is 0 Å². The lowest BCUT2D eigenvalue weighted by Crippen LogP contribution is -2.42. The zero-order chi connectivity index (χ0) is 15.6. The number of hydrogen-bond acceptors (Lipinski definition) is 2. The summed E-state index contributed by atoms with van der Waals surface area (Å²) < 4.78 is 26.8. The molecule has 0 aliphatic rings. The second-order valence-corrected chi connectivity index (χ2v) is 5.10. The molecule has 2 aromatic carbocycles. The number of primary amides is 1. The van der Waals surface area contributed by atoms with Crippen LogP contribution in [-0.2, 0) is 4.79 Å². The molecule has 0 spiro atoms. The zero-order valence-electron chi connectivity index (χ0n) is 10.9. The quantitative estimate of drug-likeness (QED) is 0.911. The molecule has 4 N–H and O–H groups in total. The molecule has 0 saturated carbocycles. The van der Waals surface area contributed by atoms with Crippen LogP contribution in [0.15, 0.2) is 42.5 Å². The molecule has 0 fully saturated rings. The Hall–Kier alpha value is -1.98. The van der Waals surface area contributed by atoms with Crippen molar-refractivity contribution < 1.29 is 13.6 Å². The smallest absolute Gasteiger partial charge is 0.235 e. The molecule has 2 atom stereocenters. The second-order valence-electron chi connectivity index (χ2n) is 4.66. The van der Waals surface area contributed by atoms with Gasteiger partial charge in [-0.3, -0.25) is 4.79 Å². The van der Waals surface area contributed by atoms with Gasteiger partial charge in [0.05, 0.1) is 6.04 Å². The van der Waals surface area contributed by atoms with Crippen molar-refractivity contribution in [2.45, 2.75) is 12.0 Å². The van der Waals surface area contributed by atoms with E-state index in [2.05, 4.69) is 0 Å². The molecule has 6 heteroatoms. The number of rotatable bonds is 4. The third kappa shape index (κ3) is 3.56. The van der Waals surface area contributed by atoms with Gasteiger partial charge in [0, 0.05) is 17.0 Å². The number of benzene rings is 2. The lowest BCUT2D eigenvalue weighted by Gasteiger charge is -2.23. The van der Waals surface area contributed by atoms with Gasteiger partial charge in [0.15, 0.2) is 0 Å². The van der Waals surface area contributed by atoms with Gasteiger partial charge in [0.1, 0.15) is 11.6 Å². The molecule has 0 bridgehead atoms. The van der Waals surface area contributed by atoms with Crippen molar-refractivity contribution in [3.05, 3.63) is 70.2 Å². The topological polar surface area (TPSA) is 69.1 Å². The van der Waals surface area contributed by atoms with Crippen LogP contribution in [0, 0.1) is 11.6 Å². The van der Waals surface area contributed by atoms with Gasteiger partial charge < -0.3 is 11.5 Å². The zero-order valence-corrected chi connectivity index (χ0v) is 11.6. The number of halogens is 3. The highest BCUT2D eigenvalue weighted by Crippen LogP contribution is 2.29. The van der Waals surface area contributed by atoms with Gasteiger partial charge in [-0.25, -0.2) is 8.78 Å². The molecule has 3 nitrogen and oxygen atoms in total. The number of amides is 1. The van der Waals surface area contributed by atoms with E-state index in [1.165, 1.54) is 0 Å². The number of hydrogen-bond donors (Lipinski definition) is 2. The first kappa shape index (κ1) is 15.4. The minimum absolute atomic E-state index is 0.237. The van der Waals surface area contributed by atoms with E-state index in [-0.39, 0.29) is 5.56 Å². The molecule has 0 saturated heterocycles. The maximum absolute atomic E-state index is 13.4. The SMILES string of the molecule is NC(=O)C(N)C(c1ccc(Cl)cc1)c1cc(F)cc(F)c1. The Bertz CT molecular complexity index is 641. The molecule has 1 amide bonds. The summed E-state index contributed by atoms with van der Waals surface area (Å²) in [5, 5.41) is 0.496. The van der Waals surface area contributed by atoms with Crippen molar-refractivity contribution in [3.8, 4) is 0 Å². The van der Waals surface area contributed by atoms with E-state index in [0.29, 0.717) is 10.6 Å². The van der Waals surface area contributed by atoms with Crippen molar-refractivity contribution in [1.82, 2.24) is 0 Å². The monoisotopic (exact) mass is 310 g/mol. The molecular formula is C15H13ClF2N2O. The summed E-state index contributed by atoms with van der Waals surface area (Å²) in [4.78, 5) is 11.4. The van der Waals surface area contributed by atoms with Crippen LogP contribution in [0.1, 0.15) is 17.0 Å². The number of carbonyl (C=O) groups excluding carboxylic acids is 1. The first-order chi connectivity index (χ1) is 9.88. The van der Waals surface area contributed by atoms with Crippen LogP contribution in [0.4, 0.5) is 8.78 Å². The molecule has 0 aliphatic heterocycles. The van der Waals surface area contributed by atoms with Crippen LogP contribution in [0.2, 0.25) is 5.02 Å². The molecule has 110 valence electrons. The van der Waals surface area contributed by atoms with Gasteiger partial charge in [0.2, 0.25) is 5.91 Å². The molecule has 2 unspecified atom stereocenters. The lowest BCUT2D eigenvalue weighted by molar-refractivity contribution is -0.119. The van der Waals surface area contributed by atoms with Crippen molar-refractivity contribution >= 4 is 17.5 Å². The molecular weight excluding hydrogens is 298 g/mol. The fourth-order valence-electron chi connectivity index (χ4n) is 2.20. The van der Waals surface area contributed by atoms with Crippen molar-refractivity contribution in [2.75, 3.05) is 0 Å². The summed E-state index contributed by atoms with van der Waals surface area (Å²) in [6.45, 7) is 0. The highest BCUT2D eigenvalue weighted by atomic mass is 35.5. The summed E-state index contributed by atoms with van der Waals surface area (Å²) in [7, 11) is 0. The van der Waals surface area contributed by atoms with E-state index in [9.17, 15) is 13.6 Å². The predicted molar refractivity (Wildman–Crippen MR) is 76.8 cm³/mol. The minimum Gasteiger partial charge on any atom is -0.368 e. The third-order valence-electron chi connectivity index (χ3n) is 3.16. The van der Waals surface area contributed by atoms with Crippen molar-refractivity contribution in [1.29, 1.82) is 0 Å². The maximum Gasteiger partial charge on any atom is 0.235 e. The van der Waals surface area contributed by atoms with Crippen LogP contribution >= 0.6 is 11.6 Å². The molecule has 0 aromatic heterocycles. The number of carbonyl (C=O) groups is 1. The Morgan fingerprint density at radius 2 is 1.52 bits per heavy atom. The van der Waals surface area contributed by atoms with Crippen LogP contribution in [0.25, 0.3) is 0 Å². The number of nitrogens with two attached hydrogens (primary N) is 2. The summed E-state index contributed by atoms with van der Waals surface area (Å²) in [6.07, 6.45) is 0. The molecule has 0 heterocycles. The minimum atomic E-state index is -1.12. The average molecular weight is 311 g/mol. The standard InChI is InChI=1S/C15H13ClF2N2O/c16-10-3-1-8(2-4-10)13(14(19)15(20)21)9-5-11(17)7-12(18)6-9/h1-7,13-14H,19H2,(H2,20,21). The summed E-state index contributed by atoms with van der Waals surface area (Å²) in [5.74, 6) is -3.02. The fourth-order valence-corrected chi connectivity index (χ4v) is 2.32. The first-order valence-corrected chi connectivity index (χ1v) is 6.52. The highest BCUT2D eigenvalue weighted by Gasteiger charge is 2.27. The van der Waals surface area contributed by atoms with Crippen LogP contribution in [0.5, 0.6) is 0 Å². The molecule has 2 rings (SSSR count). The van der Waals surface area contributed by atoms with Gasteiger partial charge in [-0.05, 0) is 35.4 Å². The summed E-state index contributed by atoms with van der Waals surface area (Å²) in [6, 6.07) is 8.37. The van der Waals surface area contributed by atoms with Crippen molar-refractivity contribution in [3.63, 3.8) is 0 Å². The third-order valence-corrected chi connectivity index (χ3v) is 3.41. The van der Waals surface area contributed by atoms with Gasteiger partial charge in [-0.1, -0.05) is 23.7 Å². The van der Waals surface area contributed by atoms with E-state index in [4.69, 9.17) is 23.1 Å². The van der Waals surface area contributed by atoms with E-state index in [0.717, 1.165) is 18.2 Å². The highest BCUT2D eigenvalue weighted by molar-refractivity contribution is 6.30. The average Bonchev–Trinajstić information content (AvgIpc) is 2.40. The molecule has 0 radical (unpaired) electrons. The van der Waals surface area contributed by atoms with E-state index in [1.54, 1.807) is 24.3 Å². The lowest BCUT2D eigenvalue weighted by atomic mass is 9.85. The summed E-state index contributed by atoms with van der Waals surface area (Å²) in [5.41, 5.74) is 11.9. The van der Waals surface area contributed by atoms with Gasteiger partial charge in [0.25, 0.3) is 0 Å². The Kier molecular flexibility index (Phi) is 4.55. The second kappa shape index (κ2) is 6.20. The Labute approximate surface area is 125 Å². The molecule has 21 heavy (non-hydrogen) atoms. The summed E-state index contributed by atoms with van der Waals surface area (Å²) >= 11 is 5.81. The van der Waals surface area contributed by atoms with E-state index >= 15 is 0 Å². The Morgan fingerprint density at radius 3 is 2.00 bits per heavy atom. The predicted octanol–water partition coefficient (Wildman–Crippen LogP) is 2.56. The largest absolute Gasteiger partial charge is 0.368 e. The first-order valence-electron chi connectivity index (χ1n) is 6.15. The normalized spacial score (nSPS) is 13.7.